The molecule has 2 aromatic heterocycles. The number of anilines is 1. The number of benzene rings is 1. The number of piperidine rings is 1. The predicted molar refractivity (Wildman–Crippen MR) is 112 cm³/mol. The number of fused-ring (bicyclic) bond motifs is 1. The number of nitrogens with one attached hydrogen (secondary N) is 1. The second-order valence-corrected chi connectivity index (χ2v) is 7.98. The number of methoxy groups -OCH3 is 1. The van der Waals surface area contributed by atoms with E-state index in [-0.39, 0.29) is 23.8 Å². The fourth-order valence-electron chi connectivity index (χ4n) is 3.97. The smallest absolute Gasteiger partial charge is 0.223 e. The Morgan fingerprint density at radius 3 is 2.57 bits per heavy atom. The van der Waals surface area contributed by atoms with E-state index in [9.17, 15) is 4.79 Å². The third-order valence-electron chi connectivity index (χ3n) is 5.72. The van der Waals surface area contributed by atoms with Crippen LogP contribution in [0.3, 0.4) is 0 Å². The zero-order valence-electron chi connectivity index (χ0n) is 17.5. The number of carbonyl (C=O) groups excluding carboxylic acids is 1. The normalized spacial score (nSPS) is 16.1. The third kappa shape index (κ3) is 4.05. The van der Waals surface area contributed by atoms with E-state index in [1.54, 1.807) is 24.0 Å². The quantitative estimate of drug-likeness (QED) is 0.667. The molecule has 1 aromatic carbocycles. The molecule has 4 rings (SSSR count). The van der Waals surface area contributed by atoms with Gasteiger partial charge in [0.1, 0.15) is 5.75 Å². The first-order valence-corrected chi connectivity index (χ1v) is 10.3. The number of nitrogens with zero attached hydrogens (tertiary/aromatic N) is 6. The van der Waals surface area contributed by atoms with E-state index >= 15 is 0 Å². The summed E-state index contributed by atoms with van der Waals surface area (Å²) in [5.74, 6) is 2.05. The first-order chi connectivity index (χ1) is 14.6. The summed E-state index contributed by atoms with van der Waals surface area (Å²) in [5.41, 5.74) is 1.71. The summed E-state index contributed by atoms with van der Waals surface area (Å²) in [6.07, 6.45) is 4.95. The molecule has 9 heteroatoms. The van der Waals surface area contributed by atoms with E-state index in [1.807, 2.05) is 24.3 Å². The Labute approximate surface area is 175 Å². The van der Waals surface area contributed by atoms with Crippen LogP contribution in [0.15, 0.2) is 36.7 Å². The summed E-state index contributed by atoms with van der Waals surface area (Å²) in [4.78, 5) is 19.4. The summed E-state index contributed by atoms with van der Waals surface area (Å²) in [7, 11) is 1.65. The van der Waals surface area contributed by atoms with Crippen LogP contribution in [0, 0.1) is 11.8 Å². The van der Waals surface area contributed by atoms with Crippen LogP contribution in [-0.2, 0) is 4.79 Å². The van der Waals surface area contributed by atoms with E-state index in [1.165, 1.54) is 0 Å². The Bertz CT molecular complexity index is 994. The summed E-state index contributed by atoms with van der Waals surface area (Å²) in [6, 6.07) is 7.88. The van der Waals surface area contributed by atoms with Crippen LogP contribution in [0.5, 0.6) is 5.75 Å². The van der Waals surface area contributed by atoms with Crippen LogP contribution in [-0.4, -0.2) is 51.1 Å². The van der Waals surface area contributed by atoms with Crippen LogP contribution >= 0.6 is 0 Å². The van der Waals surface area contributed by atoms with Crippen molar-refractivity contribution in [3.05, 3.63) is 42.2 Å². The molecule has 1 fully saturated rings. The first-order valence-electron chi connectivity index (χ1n) is 10.3. The van der Waals surface area contributed by atoms with Crippen molar-refractivity contribution in [2.24, 2.45) is 11.8 Å². The van der Waals surface area contributed by atoms with Gasteiger partial charge in [0.15, 0.2) is 11.5 Å². The van der Waals surface area contributed by atoms with E-state index in [2.05, 4.69) is 44.6 Å². The number of rotatable bonds is 6. The maximum absolute atomic E-state index is 13.0. The Morgan fingerprint density at radius 2 is 1.90 bits per heavy atom. The van der Waals surface area contributed by atoms with Crippen molar-refractivity contribution < 1.29 is 9.53 Å². The molecule has 30 heavy (non-hydrogen) atoms. The van der Waals surface area contributed by atoms with E-state index < -0.39 is 0 Å². The average molecular weight is 409 g/mol. The molecule has 1 saturated heterocycles. The van der Waals surface area contributed by atoms with Crippen LogP contribution in [0.25, 0.3) is 5.65 Å². The third-order valence-corrected chi connectivity index (χ3v) is 5.72. The van der Waals surface area contributed by atoms with Crippen LogP contribution in [0.1, 0.15) is 38.3 Å². The monoisotopic (exact) mass is 409 g/mol. The Balaban J connectivity index is 1.40. The summed E-state index contributed by atoms with van der Waals surface area (Å²) in [6.45, 7) is 5.76. The van der Waals surface area contributed by atoms with Crippen molar-refractivity contribution in [2.75, 3.05) is 25.1 Å². The van der Waals surface area contributed by atoms with Crippen LogP contribution in [0.2, 0.25) is 0 Å². The number of hydrogen-bond acceptors (Lipinski definition) is 7. The van der Waals surface area contributed by atoms with Crippen molar-refractivity contribution in [1.29, 1.82) is 0 Å². The Morgan fingerprint density at radius 1 is 1.17 bits per heavy atom. The van der Waals surface area contributed by atoms with Gasteiger partial charge in [-0.05, 0) is 46.9 Å². The summed E-state index contributed by atoms with van der Waals surface area (Å²) < 4.78 is 6.93. The lowest BCUT2D eigenvalue weighted by Gasteiger charge is -2.33. The molecule has 0 spiro atoms. The lowest BCUT2D eigenvalue weighted by atomic mass is 9.92. The lowest BCUT2D eigenvalue weighted by molar-refractivity contribution is -0.126. The van der Waals surface area contributed by atoms with Gasteiger partial charge in [-0.15, -0.1) is 5.10 Å². The largest absolute Gasteiger partial charge is 0.497 e. The van der Waals surface area contributed by atoms with Crippen molar-refractivity contribution in [2.45, 2.75) is 32.7 Å². The first kappa shape index (κ1) is 20.1. The molecule has 1 aliphatic heterocycles. The summed E-state index contributed by atoms with van der Waals surface area (Å²) >= 11 is 0. The van der Waals surface area contributed by atoms with Gasteiger partial charge in [0.25, 0.3) is 0 Å². The lowest BCUT2D eigenvalue weighted by Crippen LogP contribution is -2.43. The number of tetrazole rings is 1. The molecule has 1 atom stereocenters. The van der Waals surface area contributed by atoms with Crippen molar-refractivity contribution in [3.63, 3.8) is 0 Å². The molecule has 3 aromatic rings. The van der Waals surface area contributed by atoms with Crippen molar-refractivity contribution >= 4 is 17.4 Å². The molecule has 0 bridgehead atoms. The highest BCUT2D eigenvalue weighted by molar-refractivity contribution is 5.79. The van der Waals surface area contributed by atoms with E-state index in [0.717, 1.165) is 43.1 Å². The van der Waals surface area contributed by atoms with Gasteiger partial charge in [0.2, 0.25) is 5.91 Å². The summed E-state index contributed by atoms with van der Waals surface area (Å²) in [5, 5.41) is 15.0. The molecule has 0 aliphatic carbocycles. The Kier molecular flexibility index (Phi) is 5.78. The van der Waals surface area contributed by atoms with Gasteiger partial charge >= 0.3 is 0 Å². The number of carbonyl (C=O) groups is 1. The zero-order valence-corrected chi connectivity index (χ0v) is 17.5. The van der Waals surface area contributed by atoms with Gasteiger partial charge in [-0.3, -0.25) is 9.78 Å². The van der Waals surface area contributed by atoms with Gasteiger partial charge in [0.05, 0.1) is 25.5 Å². The maximum Gasteiger partial charge on any atom is 0.223 e. The molecule has 0 unspecified atom stereocenters. The van der Waals surface area contributed by atoms with Crippen LogP contribution < -0.4 is 15.0 Å². The molecule has 9 nitrogen and oxygen atoms in total. The molecule has 0 saturated carbocycles. The topological polar surface area (TPSA) is 97.5 Å². The van der Waals surface area contributed by atoms with E-state index in [4.69, 9.17) is 4.74 Å². The minimum absolute atomic E-state index is 0.0122. The highest BCUT2D eigenvalue weighted by Gasteiger charge is 2.29. The number of aromatic nitrogens is 5. The molecule has 1 N–H and O–H groups in total. The second kappa shape index (κ2) is 8.64. The highest BCUT2D eigenvalue weighted by atomic mass is 16.5. The molecule has 158 valence electrons. The Hall–Kier alpha value is -3.23. The zero-order chi connectivity index (χ0) is 21.1. The molecular weight excluding hydrogens is 382 g/mol. The fourth-order valence-corrected chi connectivity index (χ4v) is 3.97. The average Bonchev–Trinajstić information content (AvgIpc) is 3.26. The van der Waals surface area contributed by atoms with Gasteiger partial charge in [0, 0.05) is 19.0 Å². The maximum atomic E-state index is 13.0. The van der Waals surface area contributed by atoms with E-state index in [0.29, 0.717) is 5.65 Å². The van der Waals surface area contributed by atoms with Crippen molar-refractivity contribution in [3.8, 4) is 5.75 Å². The fraction of sp³-hybridized carbons (Fsp3) is 0.476. The number of amides is 1. The number of hydrogen-bond donors (Lipinski definition) is 1. The highest BCUT2D eigenvalue weighted by Crippen LogP contribution is 2.27. The second-order valence-electron chi connectivity index (χ2n) is 7.98. The van der Waals surface area contributed by atoms with Crippen LogP contribution in [0.4, 0.5) is 5.82 Å². The molecular formula is C21H27N7O2. The van der Waals surface area contributed by atoms with Gasteiger partial charge in [-0.1, -0.05) is 26.0 Å². The van der Waals surface area contributed by atoms with Gasteiger partial charge < -0.3 is 15.0 Å². The minimum atomic E-state index is -0.0272. The predicted octanol–water partition coefficient (Wildman–Crippen LogP) is 2.26. The number of ether oxygens (including phenoxy) is 1. The molecule has 3 heterocycles. The molecule has 1 amide bonds. The van der Waals surface area contributed by atoms with Crippen molar-refractivity contribution in [1.82, 2.24) is 30.3 Å². The standard InChI is InChI=1S/C21H27N7O2/c1-14(2)20(15-4-6-17(30-3)7-5-15)23-21(29)16-8-10-27(11-9-16)19-13-22-12-18-24-25-26-28(18)19/h4-7,12-14,16,20H,8-11H2,1-3H3,(H,23,29)/t20-/m1/s1. The van der Waals surface area contributed by atoms with Gasteiger partial charge in [-0.25, -0.2) is 0 Å². The minimum Gasteiger partial charge on any atom is -0.497 e. The van der Waals surface area contributed by atoms with Gasteiger partial charge in [-0.2, -0.15) is 4.52 Å². The SMILES string of the molecule is COc1ccc([C@H](NC(=O)C2CCN(c3cncc4nnnn34)CC2)C(C)C)cc1. The molecule has 1 aliphatic rings. The molecule has 0 radical (unpaired) electrons.